The predicted octanol–water partition coefficient (Wildman–Crippen LogP) is 22.4. The van der Waals surface area contributed by atoms with Crippen molar-refractivity contribution in [2.75, 3.05) is 13.2 Å². The van der Waals surface area contributed by atoms with Gasteiger partial charge in [0.1, 0.15) is 13.2 Å². The molecule has 1 atom stereocenters. The van der Waals surface area contributed by atoms with Gasteiger partial charge in [0.15, 0.2) is 6.10 Å². The van der Waals surface area contributed by atoms with Crippen LogP contribution in [0.4, 0.5) is 0 Å². The topological polar surface area (TPSA) is 78.9 Å². The van der Waals surface area contributed by atoms with Crippen LogP contribution in [-0.4, -0.2) is 37.2 Å². The van der Waals surface area contributed by atoms with E-state index in [1.807, 2.05) is 6.08 Å². The summed E-state index contributed by atoms with van der Waals surface area (Å²) in [7, 11) is 0. The first-order chi connectivity index (χ1) is 38.0. The van der Waals surface area contributed by atoms with Crippen LogP contribution in [0.25, 0.3) is 0 Å². The maximum Gasteiger partial charge on any atom is 0.306 e. The van der Waals surface area contributed by atoms with Gasteiger partial charge in [-0.25, -0.2) is 0 Å². The molecule has 0 bridgehead atoms. The number of allylic oxidation sites excluding steroid dienone is 16. The fourth-order valence-corrected chi connectivity index (χ4v) is 9.17. The van der Waals surface area contributed by atoms with Crippen molar-refractivity contribution in [1.29, 1.82) is 0 Å². The Kier molecular flexibility index (Phi) is 61.8. The van der Waals surface area contributed by atoms with Crippen LogP contribution < -0.4 is 0 Å². The van der Waals surface area contributed by atoms with E-state index >= 15 is 0 Å². The third-order valence-electron chi connectivity index (χ3n) is 14.1. The van der Waals surface area contributed by atoms with Gasteiger partial charge in [-0.3, -0.25) is 14.4 Å². The van der Waals surface area contributed by atoms with E-state index in [0.29, 0.717) is 19.3 Å². The molecule has 0 heterocycles. The lowest BCUT2D eigenvalue weighted by Gasteiger charge is -2.18. The monoisotopic (exact) mass is 1070 g/mol. The minimum Gasteiger partial charge on any atom is -0.462 e. The number of esters is 3. The molecule has 0 aromatic carbocycles. The first-order valence-electron chi connectivity index (χ1n) is 32.7. The lowest BCUT2D eigenvalue weighted by Crippen LogP contribution is -2.30. The zero-order chi connectivity index (χ0) is 55.7. The molecule has 0 aliphatic carbocycles. The van der Waals surface area contributed by atoms with Gasteiger partial charge in [0.25, 0.3) is 0 Å². The fraction of sp³-hybridized carbons (Fsp3) is 0.732. The van der Waals surface area contributed by atoms with Crippen molar-refractivity contribution in [2.24, 2.45) is 0 Å². The van der Waals surface area contributed by atoms with E-state index in [1.54, 1.807) is 0 Å². The molecule has 0 saturated heterocycles. The molecule has 0 fully saturated rings. The van der Waals surface area contributed by atoms with Crippen molar-refractivity contribution in [2.45, 2.75) is 322 Å². The first kappa shape index (κ1) is 73.3. The Morgan fingerprint density at radius 3 is 0.870 bits per heavy atom. The smallest absolute Gasteiger partial charge is 0.306 e. The van der Waals surface area contributed by atoms with Crippen molar-refractivity contribution in [3.63, 3.8) is 0 Å². The standard InChI is InChI=1S/C71H122O6/c1-4-7-10-13-16-19-22-25-27-29-31-33-35-37-39-41-43-46-49-52-55-58-61-64-70(73)76-67-68(66-75-69(72)63-60-57-54-51-48-45-24-21-18-15-12-9-6-3)77-71(74)65-62-59-56-53-50-47-44-42-40-38-36-34-32-30-28-26-23-20-17-14-11-8-5-2/h9,12,18,21-23,25-26,29-32,45,48,54,57,68H,4-8,10-11,13-17,19-20,24,27-28,33-44,46-47,49-53,55-56,58-67H2,1-3H3/b12-9-,21-18-,25-22-,26-23-,31-29-,32-30-,48-45-,57-54-. The molecule has 0 aromatic rings. The van der Waals surface area contributed by atoms with Gasteiger partial charge in [-0.05, 0) is 109 Å². The first-order valence-corrected chi connectivity index (χ1v) is 32.7. The van der Waals surface area contributed by atoms with E-state index in [4.69, 9.17) is 14.2 Å². The highest BCUT2D eigenvalue weighted by Gasteiger charge is 2.19. The number of carbonyl (C=O) groups excluding carboxylic acids is 3. The zero-order valence-electron chi connectivity index (χ0n) is 50.7. The van der Waals surface area contributed by atoms with Gasteiger partial charge in [0.2, 0.25) is 0 Å². The van der Waals surface area contributed by atoms with Crippen molar-refractivity contribution in [3.8, 4) is 0 Å². The number of carbonyl (C=O) groups is 3. The van der Waals surface area contributed by atoms with Crippen molar-refractivity contribution in [3.05, 3.63) is 97.2 Å². The molecule has 0 saturated carbocycles. The van der Waals surface area contributed by atoms with E-state index in [2.05, 4.69) is 112 Å². The number of rotatable bonds is 59. The Labute approximate surface area is 477 Å². The van der Waals surface area contributed by atoms with Crippen LogP contribution >= 0.6 is 0 Å². The van der Waals surface area contributed by atoms with E-state index in [1.165, 1.54) is 193 Å². The van der Waals surface area contributed by atoms with Crippen LogP contribution in [0.2, 0.25) is 0 Å². The molecule has 0 rings (SSSR count). The summed E-state index contributed by atoms with van der Waals surface area (Å²) < 4.78 is 16.9. The Hall–Kier alpha value is -3.67. The molecule has 0 amide bonds. The number of unbranched alkanes of at least 4 members (excludes halogenated alkanes) is 32. The lowest BCUT2D eigenvalue weighted by molar-refractivity contribution is -0.166. The lowest BCUT2D eigenvalue weighted by atomic mass is 10.0. The van der Waals surface area contributed by atoms with Gasteiger partial charge in [-0.15, -0.1) is 0 Å². The molecule has 0 aromatic heterocycles. The highest BCUT2D eigenvalue weighted by Crippen LogP contribution is 2.16. The van der Waals surface area contributed by atoms with Gasteiger partial charge < -0.3 is 14.2 Å². The third-order valence-corrected chi connectivity index (χ3v) is 14.1. The molecule has 0 spiro atoms. The van der Waals surface area contributed by atoms with Gasteiger partial charge in [-0.2, -0.15) is 0 Å². The quantitative estimate of drug-likeness (QED) is 0.0261. The van der Waals surface area contributed by atoms with Crippen LogP contribution in [0, 0.1) is 0 Å². The van der Waals surface area contributed by atoms with Crippen molar-refractivity contribution >= 4 is 17.9 Å². The second kappa shape index (κ2) is 64.9. The minimum absolute atomic E-state index is 0.101. The molecule has 0 N–H and O–H groups in total. The Bertz CT molecular complexity index is 1510. The van der Waals surface area contributed by atoms with Crippen LogP contribution in [0.5, 0.6) is 0 Å². The molecule has 77 heavy (non-hydrogen) atoms. The summed E-state index contributed by atoms with van der Waals surface area (Å²) in [5, 5.41) is 0. The summed E-state index contributed by atoms with van der Waals surface area (Å²) in [5.74, 6) is -0.980. The minimum atomic E-state index is -0.810. The predicted molar refractivity (Wildman–Crippen MR) is 334 cm³/mol. The molecular formula is C71H122O6. The maximum atomic E-state index is 12.9. The van der Waals surface area contributed by atoms with E-state index in [9.17, 15) is 14.4 Å². The van der Waals surface area contributed by atoms with Gasteiger partial charge in [-0.1, -0.05) is 285 Å². The third kappa shape index (κ3) is 63.0. The van der Waals surface area contributed by atoms with Gasteiger partial charge >= 0.3 is 17.9 Å². The summed E-state index contributed by atoms with van der Waals surface area (Å²) in [4.78, 5) is 38.3. The summed E-state index contributed by atoms with van der Waals surface area (Å²) >= 11 is 0. The number of hydrogen-bond acceptors (Lipinski definition) is 6. The van der Waals surface area contributed by atoms with Crippen molar-refractivity contribution in [1.82, 2.24) is 0 Å². The largest absolute Gasteiger partial charge is 0.462 e. The van der Waals surface area contributed by atoms with Crippen LogP contribution in [0.15, 0.2) is 97.2 Å². The van der Waals surface area contributed by atoms with E-state index in [0.717, 1.165) is 77.0 Å². The SMILES string of the molecule is CC/C=C\C/C=C\C/C=C\C/C=C\CCC(=O)OCC(COC(=O)CCCCCCCCCCCCC/C=C\C/C=C\CCCCCCC)OC(=O)CCCCCCCCCCCCC/C=C\C/C=C\CCCCCCC. The van der Waals surface area contributed by atoms with Crippen molar-refractivity contribution < 1.29 is 28.6 Å². The van der Waals surface area contributed by atoms with Gasteiger partial charge in [0, 0.05) is 19.3 Å². The van der Waals surface area contributed by atoms with Crippen LogP contribution in [0.1, 0.15) is 316 Å². The summed E-state index contributed by atoms with van der Waals surface area (Å²) in [6.45, 7) is 6.47. The average Bonchev–Trinajstić information content (AvgIpc) is 3.43. The summed E-state index contributed by atoms with van der Waals surface area (Å²) in [6, 6.07) is 0. The molecule has 442 valence electrons. The maximum absolute atomic E-state index is 12.9. The highest BCUT2D eigenvalue weighted by molar-refractivity contribution is 5.71. The molecule has 0 aliphatic rings. The molecule has 6 heteroatoms. The van der Waals surface area contributed by atoms with E-state index in [-0.39, 0.29) is 37.5 Å². The summed E-state index contributed by atoms with van der Waals surface area (Å²) in [5.41, 5.74) is 0. The Morgan fingerprint density at radius 1 is 0.273 bits per heavy atom. The fourth-order valence-electron chi connectivity index (χ4n) is 9.17. The highest BCUT2D eigenvalue weighted by atomic mass is 16.6. The number of ether oxygens (including phenoxy) is 3. The molecule has 6 nitrogen and oxygen atoms in total. The summed E-state index contributed by atoms with van der Waals surface area (Å²) in [6.07, 6.45) is 87.2. The normalized spacial score (nSPS) is 12.7. The molecule has 0 radical (unpaired) electrons. The van der Waals surface area contributed by atoms with E-state index < -0.39 is 6.10 Å². The molecular weight excluding hydrogens is 949 g/mol. The van der Waals surface area contributed by atoms with Crippen LogP contribution in [-0.2, 0) is 28.6 Å². The second-order valence-electron chi connectivity index (χ2n) is 21.6. The molecule has 0 aliphatic heterocycles. The average molecular weight is 1070 g/mol. The Morgan fingerprint density at radius 2 is 0.532 bits per heavy atom. The number of hydrogen-bond donors (Lipinski definition) is 0. The zero-order valence-corrected chi connectivity index (χ0v) is 50.7. The van der Waals surface area contributed by atoms with Crippen LogP contribution in [0.3, 0.4) is 0 Å². The molecule has 1 unspecified atom stereocenters. The van der Waals surface area contributed by atoms with Gasteiger partial charge in [0.05, 0.1) is 0 Å². The second-order valence-corrected chi connectivity index (χ2v) is 21.6. The Balaban J connectivity index is 4.35.